The summed E-state index contributed by atoms with van der Waals surface area (Å²) >= 11 is 0. The van der Waals surface area contributed by atoms with Crippen LogP contribution < -0.4 is 0 Å². The van der Waals surface area contributed by atoms with Crippen molar-refractivity contribution in [3.05, 3.63) is 71.8 Å². The van der Waals surface area contributed by atoms with Crippen LogP contribution in [0.5, 0.6) is 0 Å². The number of benzene rings is 2. The molecule has 3 nitrogen and oxygen atoms in total. The van der Waals surface area contributed by atoms with Gasteiger partial charge in [0.1, 0.15) is 0 Å². The summed E-state index contributed by atoms with van der Waals surface area (Å²) in [6.45, 7) is 0. The highest BCUT2D eigenvalue weighted by Gasteiger charge is 2.63. The van der Waals surface area contributed by atoms with E-state index >= 15 is 0 Å². The van der Waals surface area contributed by atoms with Crippen molar-refractivity contribution >= 4 is 0 Å². The lowest BCUT2D eigenvalue weighted by Gasteiger charge is -2.18. The van der Waals surface area contributed by atoms with Gasteiger partial charge in [0.2, 0.25) is 0 Å². The van der Waals surface area contributed by atoms with Crippen molar-refractivity contribution < 1.29 is 4.74 Å². The van der Waals surface area contributed by atoms with Crippen molar-refractivity contribution in [2.45, 2.75) is 30.5 Å². The minimum Gasteiger partial charge on any atom is -0.368 e. The number of ether oxygens (including phenoxy) is 1. The molecular weight excluding hydrogens is 296 g/mol. The Morgan fingerprint density at radius 1 is 0.667 bits per heavy atom. The normalized spacial score (nSPS) is 28.5. The molecule has 3 aliphatic rings. The Balaban J connectivity index is 1.62. The van der Waals surface area contributed by atoms with Gasteiger partial charge in [-0.05, 0) is 17.5 Å². The van der Waals surface area contributed by atoms with E-state index in [1.54, 1.807) is 0 Å². The number of aromatic nitrogens is 2. The predicted octanol–water partition coefficient (Wildman–Crippen LogP) is 4.16. The van der Waals surface area contributed by atoms with Crippen molar-refractivity contribution in [3.8, 4) is 22.5 Å². The topological polar surface area (TPSA) is 38.3 Å². The lowest BCUT2D eigenvalue weighted by atomic mass is 9.86. The second-order valence-electron chi connectivity index (χ2n) is 6.97. The third-order valence-electron chi connectivity index (χ3n) is 5.75. The van der Waals surface area contributed by atoms with E-state index < -0.39 is 0 Å². The molecule has 3 aromatic rings. The quantitative estimate of drug-likeness (QED) is 0.667. The Morgan fingerprint density at radius 2 is 1.12 bits per heavy atom. The summed E-state index contributed by atoms with van der Waals surface area (Å²) in [5, 5.41) is 9.33. The van der Waals surface area contributed by atoms with E-state index in [0.29, 0.717) is 24.0 Å². The Kier molecular flexibility index (Phi) is 2.42. The van der Waals surface area contributed by atoms with Gasteiger partial charge in [0.15, 0.2) is 0 Å². The summed E-state index contributed by atoms with van der Waals surface area (Å²) in [6.07, 6.45) is 2.02. The van der Waals surface area contributed by atoms with Crippen LogP contribution in [0.3, 0.4) is 0 Å². The molecule has 0 radical (unpaired) electrons. The van der Waals surface area contributed by atoms with Crippen LogP contribution in [0, 0.1) is 0 Å². The van der Waals surface area contributed by atoms with E-state index in [1.807, 2.05) is 12.1 Å². The van der Waals surface area contributed by atoms with Crippen molar-refractivity contribution in [2.75, 3.05) is 0 Å². The second-order valence-corrected chi connectivity index (χ2v) is 6.97. The first kappa shape index (κ1) is 12.8. The van der Waals surface area contributed by atoms with Gasteiger partial charge in [-0.25, -0.2) is 0 Å². The maximum atomic E-state index is 5.95. The Bertz CT molecular complexity index is 862. The molecule has 3 heteroatoms. The van der Waals surface area contributed by atoms with E-state index in [4.69, 9.17) is 4.74 Å². The van der Waals surface area contributed by atoms with Gasteiger partial charge in [0.25, 0.3) is 0 Å². The van der Waals surface area contributed by atoms with Crippen LogP contribution in [-0.2, 0) is 4.74 Å². The fraction of sp³-hybridized carbons (Fsp3) is 0.238. The number of fused-ring (bicyclic) bond motifs is 8. The van der Waals surface area contributed by atoms with Gasteiger partial charge in [-0.3, -0.25) is 0 Å². The summed E-state index contributed by atoms with van der Waals surface area (Å²) in [4.78, 5) is 0. The molecule has 0 unspecified atom stereocenters. The minimum absolute atomic E-state index is 0.415. The van der Waals surface area contributed by atoms with Crippen LogP contribution in [0.1, 0.15) is 29.4 Å². The van der Waals surface area contributed by atoms with Crippen molar-refractivity contribution in [2.24, 2.45) is 0 Å². The van der Waals surface area contributed by atoms with Crippen LogP contribution in [0.25, 0.3) is 22.5 Å². The van der Waals surface area contributed by atoms with Gasteiger partial charge in [-0.15, -0.1) is 10.2 Å². The number of hydrogen-bond donors (Lipinski definition) is 0. The lowest BCUT2D eigenvalue weighted by Crippen LogP contribution is -2.13. The zero-order valence-corrected chi connectivity index (χ0v) is 13.1. The molecule has 2 aromatic carbocycles. The third kappa shape index (κ3) is 1.60. The van der Waals surface area contributed by atoms with E-state index in [-0.39, 0.29) is 0 Å². The largest absolute Gasteiger partial charge is 0.368 e. The number of epoxide rings is 1. The van der Waals surface area contributed by atoms with E-state index in [9.17, 15) is 0 Å². The molecule has 1 aliphatic heterocycles. The molecule has 2 bridgehead atoms. The molecule has 24 heavy (non-hydrogen) atoms. The van der Waals surface area contributed by atoms with E-state index in [0.717, 1.165) is 22.5 Å². The highest BCUT2D eigenvalue weighted by atomic mass is 16.6. The highest BCUT2D eigenvalue weighted by molar-refractivity contribution is 5.75. The minimum atomic E-state index is 0.415. The molecule has 2 heterocycles. The van der Waals surface area contributed by atoms with Gasteiger partial charge < -0.3 is 4.74 Å². The van der Waals surface area contributed by atoms with Gasteiger partial charge >= 0.3 is 0 Å². The first-order chi connectivity index (χ1) is 11.9. The molecule has 2 aliphatic carbocycles. The Morgan fingerprint density at radius 3 is 1.58 bits per heavy atom. The van der Waals surface area contributed by atoms with E-state index in [2.05, 4.69) is 58.7 Å². The molecule has 116 valence electrons. The highest BCUT2D eigenvalue weighted by Crippen LogP contribution is 2.65. The van der Waals surface area contributed by atoms with Crippen LogP contribution >= 0.6 is 0 Å². The van der Waals surface area contributed by atoms with Crippen molar-refractivity contribution in [3.63, 3.8) is 0 Å². The summed E-state index contributed by atoms with van der Waals surface area (Å²) < 4.78 is 5.95. The molecule has 0 spiro atoms. The molecular formula is C21H16N2O. The second kappa shape index (κ2) is 4.52. The summed E-state index contributed by atoms with van der Waals surface area (Å²) in [7, 11) is 0. The monoisotopic (exact) mass is 312 g/mol. The zero-order chi connectivity index (χ0) is 15.7. The molecule has 1 aromatic heterocycles. The maximum Gasteiger partial charge on any atom is 0.0968 e. The number of nitrogens with zero attached hydrogens (tertiary/aromatic N) is 2. The van der Waals surface area contributed by atoms with Gasteiger partial charge in [-0.2, -0.15) is 0 Å². The van der Waals surface area contributed by atoms with Gasteiger partial charge in [0.05, 0.1) is 23.6 Å². The summed E-state index contributed by atoms with van der Waals surface area (Å²) in [5.74, 6) is 0.978. The fourth-order valence-electron chi connectivity index (χ4n) is 4.72. The lowest BCUT2D eigenvalue weighted by molar-refractivity contribution is 0.297. The smallest absolute Gasteiger partial charge is 0.0968 e. The van der Waals surface area contributed by atoms with Crippen molar-refractivity contribution in [1.29, 1.82) is 0 Å². The molecule has 0 N–H and O–H groups in total. The van der Waals surface area contributed by atoms with Gasteiger partial charge in [-0.1, -0.05) is 60.7 Å². The molecule has 2 fully saturated rings. The Labute approximate surface area is 140 Å². The van der Waals surface area contributed by atoms with Crippen LogP contribution in [0.2, 0.25) is 0 Å². The number of rotatable bonds is 2. The molecule has 1 saturated carbocycles. The van der Waals surface area contributed by atoms with Gasteiger partial charge in [0, 0.05) is 23.0 Å². The first-order valence-electron chi connectivity index (χ1n) is 8.58. The standard InChI is InChI=1S/C21H16N2O/c1-3-7-12(8-4-1)18-16-14-11-15(21-20(14)24-21)17(16)19(23-22-18)13-9-5-2-6-10-13/h1-10,14-15,20-21H,11H2/t14-,15+,20-,21+. The van der Waals surface area contributed by atoms with Crippen LogP contribution in [0.15, 0.2) is 60.7 Å². The summed E-state index contributed by atoms with van der Waals surface area (Å²) in [5.41, 5.74) is 7.19. The fourth-order valence-corrected chi connectivity index (χ4v) is 4.72. The molecule has 4 atom stereocenters. The number of hydrogen-bond acceptors (Lipinski definition) is 3. The molecule has 0 amide bonds. The molecule has 1 saturated heterocycles. The predicted molar refractivity (Wildman–Crippen MR) is 91.7 cm³/mol. The first-order valence-corrected chi connectivity index (χ1v) is 8.58. The third-order valence-corrected chi connectivity index (χ3v) is 5.75. The SMILES string of the molecule is c1ccc(-c2nnc(-c3ccccc3)c3c2[C@H]2C[C@@H]3[C@@H]3O[C@@H]32)cc1. The average molecular weight is 312 g/mol. The zero-order valence-electron chi connectivity index (χ0n) is 13.1. The molecule has 6 rings (SSSR count). The average Bonchev–Trinajstić information content (AvgIpc) is 3.27. The van der Waals surface area contributed by atoms with Crippen molar-refractivity contribution in [1.82, 2.24) is 10.2 Å². The Hall–Kier alpha value is -2.52. The van der Waals surface area contributed by atoms with E-state index in [1.165, 1.54) is 17.5 Å². The maximum absolute atomic E-state index is 5.95. The van der Waals surface area contributed by atoms with Crippen LogP contribution in [0.4, 0.5) is 0 Å². The summed E-state index contributed by atoms with van der Waals surface area (Å²) in [6, 6.07) is 20.9. The van der Waals surface area contributed by atoms with Crippen LogP contribution in [-0.4, -0.2) is 22.4 Å².